The Morgan fingerprint density at radius 2 is 1.53 bits per heavy atom. The minimum absolute atomic E-state index is 0.948. The summed E-state index contributed by atoms with van der Waals surface area (Å²) in [5.74, 6) is 0. The second-order valence-corrected chi connectivity index (χ2v) is 5.73. The lowest BCUT2D eigenvalue weighted by molar-refractivity contribution is 0.457. The van der Waals surface area contributed by atoms with Gasteiger partial charge in [-0.05, 0) is 31.8 Å². The predicted octanol–water partition coefficient (Wildman–Crippen LogP) is 4.38. The molecule has 0 unspecified atom stereocenters. The van der Waals surface area contributed by atoms with Crippen LogP contribution in [0.1, 0.15) is 5.56 Å². The molecule has 0 aliphatic heterocycles. The van der Waals surface area contributed by atoms with Crippen molar-refractivity contribution in [1.82, 2.24) is 4.90 Å². The van der Waals surface area contributed by atoms with Crippen LogP contribution in [0.4, 0.5) is 0 Å². The lowest BCUT2D eigenvalue weighted by Gasteiger charge is -2.10. The van der Waals surface area contributed by atoms with Crippen LogP contribution in [0.3, 0.4) is 0 Å². The number of likely N-dealkylation sites (N-methyl/N-ethyl adjacent to an activating group) is 1. The van der Waals surface area contributed by atoms with Gasteiger partial charge in [-0.1, -0.05) is 66.4 Å². The Hall–Kier alpha value is -1.51. The number of benzene rings is 2. The van der Waals surface area contributed by atoms with Crippen LogP contribution >= 0.6 is 11.8 Å². The van der Waals surface area contributed by atoms with Gasteiger partial charge in [0.25, 0.3) is 0 Å². The van der Waals surface area contributed by atoms with Crippen molar-refractivity contribution < 1.29 is 0 Å². The van der Waals surface area contributed by atoms with Crippen LogP contribution in [-0.2, 0) is 0 Å². The molecule has 98 valence electrons. The van der Waals surface area contributed by atoms with E-state index in [1.807, 2.05) is 11.8 Å². The van der Waals surface area contributed by atoms with E-state index in [0.717, 1.165) is 6.54 Å². The third-order valence-corrected chi connectivity index (χ3v) is 3.80. The highest BCUT2D eigenvalue weighted by Gasteiger charge is 2.03. The molecule has 2 rings (SSSR count). The van der Waals surface area contributed by atoms with Gasteiger partial charge in [-0.2, -0.15) is 0 Å². The minimum Gasteiger partial charge on any atom is -0.306 e. The van der Waals surface area contributed by atoms with Gasteiger partial charge < -0.3 is 4.90 Å². The first-order valence-electron chi connectivity index (χ1n) is 6.39. The van der Waals surface area contributed by atoms with E-state index < -0.39 is 0 Å². The van der Waals surface area contributed by atoms with Gasteiger partial charge in [0, 0.05) is 16.3 Å². The first-order valence-corrected chi connectivity index (χ1v) is 7.20. The van der Waals surface area contributed by atoms with E-state index >= 15 is 0 Å². The molecule has 0 aromatic heterocycles. The second kappa shape index (κ2) is 7.17. The fourth-order valence-corrected chi connectivity index (χ4v) is 2.66. The molecule has 0 aliphatic carbocycles. The maximum Gasteiger partial charge on any atom is 0.0171 e. The highest BCUT2D eigenvalue weighted by atomic mass is 32.2. The quantitative estimate of drug-likeness (QED) is 0.741. The SMILES string of the molecule is CN(C)C/C=C(\Sc1ccccc1)c1ccccc1. The molecule has 0 N–H and O–H groups in total. The predicted molar refractivity (Wildman–Crippen MR) is 85.3 cm³/mol. The Morgan fingerprint density at radius 1 is 0.947 bits per heavy atom. The molecule has 0 saturated carbocycles. The summed E-state index contributed by atoms with van der Waals surface area (Å²) in [5.41, 5.74) is 1.28. The van der Waals surface area contributed by atoms with Gasteiger partial charge >= 0.3 is 0 Å². The van der Waals surface area contributed by atoms with Gasteiger partial charge in [0.05, 0.1) is 0 Å². The van der Waals surface area contributed by atoms with E-state index in [4.69, 9.17) is 0 Å². The molecule has 0 radical (unpaired) electrons. The fraction of sp³-hybridized carbons (Fsp3) is 0.176. The van der Waals surface area contributed by atoms with Gasteiger partial charge in [-0.25, -0.2) is 0 Å². The van der Waals surface area contributed by atoms with Crippen molar-refractivity contribution in [3.8, 4) is 0 Å². The van der Waals surface area contributed by atoms with Crippen molar-refractivity contribution in [2.75, 3.05) is 20.6 Å². The van der Waals surface area contributed by atoms with Crippen LogP contribution in [0.5, 0.6) is 0 Å². The smallest absolute Gasteiger partial charge is 0.0171 e. The standard InChI is InChI=1S/C17H19NS/c1-18(2)14-13-17(15-9-5-3-6-10-15)19-16-11-7-4-8-12-16/h3-13H,14H2,1-2H3/b17-13-. The highest BCUT2D eigenvalue weighted by Crippen LogP contribution is 2.33. The molecule has 0 heterocycles. The van der Waals surface area contributed by atoms with Crippen molar-refractivity contribution in [3.63, 3.8) is 0 Å². The molecule has 0 bridgehead atoms. The van der Waals surface area contributed by atoms with Crippen molar-refractivity contribution >= 4 is 16.7 Å². The molecule has 2 aromatic carbocycles. The molecule has 0 aliphatic rings. The third kappa shape index (κ3) is 4.58. The molecule has 2 aromatic rings. The van der Waals surface area contributed by atoms with Crippen LogP contribution in [0.25, 0.3) is 4.91 Å². The maximum atomic E-state index is 2.28. The van der Waals surface area contributed by atoms with E-state index in [2.05, 4.69) is 85.7 Å². The zero-order valence-electron chi connectivity index (χ0n) is 11.4. The average Bonchev–Trinajstić information content (AvgIpc) is 2.45. The van der Waals surface area contributed by atoms with E-state index in [1.54, 1.807) is 0 Å². The number of hydrogen-bond acceptors (Lipinski definition) is 2. The van der Waals surface area contributed by atoms with Crippen LogP contribution < -0.4 is 0 Å². The van der Waals surface area contributed by atoms with E-state index in [9.17, 15) is 0 Å². The largest absolute Gasteiger partial charge is 0.306 e. The summed E-state index contributed by atoms with van der Waals surface area (Å²) in [7, 11) is 4.18. The number of thioether (sulfide) groups is 1. The number of rotatable bonds is 5. The summed E-state index contributed by atoms with van der Waals surface area (Å²) >= 11 is 1.82. The van der Waals surface area contributed by atoms with Crippen LogP contribution in [0, 0.1) is 0 Å². The Morgan fingerprint density at radius 3 is 2.11 bits per heavy atom. The summed E-state index contributed by atoms with van der Waals surface area (Å²) in [6.45, 7) is 0.948. The molecule has 0 atom stereocenters. The van der Waals surface area contributed by atoms with E-state index in [0.29, 0.717) is 0 Å². The molecule has 19 heavy (non-hydrogen) atoms. The van der Waals surface area contributed by atoms with Gasteiger partial charge in [0.2, 0.25) is 0 Å². The number of hydrogen-bond donors (Lipinski definition) is 0. The average molecular weight is 269 g/mol. The summed E-state index contributed by atoms with van der Waals surface area (Å²) in [6, 6.07) is 21.1. The summed E-state index contributed by atoms with van der Waals surface area (Å²) in [5, 5.41) is 0. The topological polar surface area (TPSA) is 3.24 Å². The third-order valence-electron chi connectivity index (χ3n) is 2.67. The molecule has 0 saturated heterocycles. The molecule has 0 amide bonds. The summed E-state index contributed by atoms with van der Waals surface area (Å²) < 4.78 is 0. The molecule has 1 nitrogen and oxygen atoms in total. The van der Waals surface area contributed by atoms with Crippen molar-refractivity contribution in [2.45, 2.75) is 4.90 Å². The molecule has 2 heteroatoms. The van der Waals surface area contributed by atoms with Crippen LogP contribution in [-0.4, -0.2) is 25.5 Å². The Labute approximate surface area is 120 Å². The molecular weight excluding hydrogens is 250 g/mol. The van der Waals surface area contributed by atoms with Crippen LogP contribution in [0.2, 0.25) is 0 Å². The van der Waals surface area contributed by atoms with Crippen molar-refractivity contribution in [3.05, 3.63) is 72.3 Å². The summed E-state index contributed by atoms with van der Waals surface area (Å²) in [4.78, 5) is 4.76. The first-order chi connectivity index (χ1) is 9.25. The fourth-order valence-electron chi connectivity index (χ4n) is 1.70. The highest BCUT2D eigenvalue weighted by molar-refractivity contribution is 8.08. The Kier molecular flexibility index (Phi) is 5.25. The van der Waals surface area contributed by atoms with Crippen molar-refractivity contribution in [1.29, 1.82) is 0 Å². The van der Waals surface area contributed by atoms with Crippen molar-refractivity contribution in [2.24, 2.45) is 0 Å². The van der Waals surface area contributed by atoms with Crippen LogP contribution in [0.15, 0.2) is 71.6 Å². The zero-order valence-corrected chi connectivity index (χ0v) is 12.2. The van der Waals surface area contributed by atoms with Gasteiger partial charge in [-0.3, -0.25) is 0 Å². The van der Waals surface area contributed by atoms with Gasteiger partial charge in [0.1, 0.15) is 0 Å². The minimum atomic E-state index is 0.948. The Balaban J connectivity index is 2.22. The molecule has 0 fully saturated rings. The first kappa shape index (κ1) is 13.9. The van der Waals surface area contributed by atoms with E-state index in [-0.39, 0.29) is 0 Å². The van der Waals surface area contributed by atoms with E-state index in [1.165, 1.54) is 15.4 Å². The normalized spacial score (nSPS) is 11.8. The monoisotopic (exact) mass is 269 g/mol. The maximum absolute atomic E-state index is 2.28. The zero-order chi connectivity index (χ0) is 13.5. The molecule has 0 spiro atoms. The lowest BCUT2D eigenvalue weighted by atomic mass is 10.2. The number of nitrogens with zero attached hydrogens (tertiary/aromatic N) is 1. The second-order valence-electron chi connectivity index (χ2n) is 4.61. The van der Waals surface area contributed by atoms with Gasteiger partial charge in [-0.15, -0.1) is 0 Å². The summed E-state index contributed by atoms with van der Waals surface area (Å²) in [6.07, 6.45) is 2.28. The van der Waals surface area contributed by atoms with Gasteiger partial charge in [0.15, 0.2) is 0 Å². The molecular formula is C17H19NS. The lowest BCUT2D eigenvalue weighted by Crippen LogP contribution is -2.10. The Bertz CT molecular complexity index is 517.